The monoisotopic (exact) mass is 295 g/mol. The molecule has 120 valence electrons. The molecule has 2 aliphatic heterocycles. The van der Waals surface area contributed by atoms with Gasteiger partial charge >= 0.3 is 0 Å². The minimum absolute atomic E-state index is 0.366. The molecule has 0 spiro atoms. The van der Waals surface area contributed by atoms with E-state index in [9.17, 15) is 4.79 Å². The number of likely N-dealkylation sites (tertiary alicyclic amines) is 1. The molecule has 0 bridgehead atoms. The van der Waals surface area contributed by atoms with Crippen molar-refractivity contribution in [1.82, 2.24) is 15.5 Å². The van der Waals surface area contributed by atoms with Gasteiger partial charge in [0.25, 0.3) is 0 Å². The van der Waals surface area contributed by atoms with Crippen molar-refractivity contribution in [2.45, 2.75) is 57.2 Å². The average molecular weight is 295 g/mol. The molecule has 5 nitrogen and oxygen atoms in total. The Hall–Kier alpha value is -0.650. The fraction of sp³-hybridized carbons (Fsp3) is 0.938. The third kappa shape index (κ3) is 4.41. The quantitative estimate of drug-likeness (QED) is 0.786. The second-order valence-corrected chi connectivity index (χ2v) is 6.90. The van der Waals surface area contributed by atoms with Gasteiger partial charge in [-0.3, -0.25) is 4.79 Å². The predicted octanol–water partition coefficient (Wildman–Crippen LogP) is 0.744. The summed E-state index contributed by atoms with van der Waals surface area (Å²) in [5.74, 6) is 0.774. The van der Waals surface area contributed by atoms with E-state index in [4.69, 9.17) is 4.74 Å². The number of morpholine rings is 1. The maximum absolute atomic E-state index is 12.0. The number of piperidine rings is 1. The summed E-state index contributed by atoms with van der Waals surface area (Å²) in [5, 5.41) is 7.25. The molecule has 3 rings (SSSR count). The van der Waals surface area contributed by atoms with Gasteiger partial charge in [-0.15, -0.1) is 0 Å². The van der Waals surface area contributed by atoms with Crippen LogP contribution in [0.1, 0.15) is 39.0 Å². The zero-order valence-electron chi connectivity index (χ0n) is 13.1. The maximum atomic E-state index is 12.0. The number of carbonyl (C=O) groups is 1. The first-order chi connectivity index (χ1) is 10.2. The van der Waals surface area contributed by atoms with E-state index in [1.807, 2.05) is 0 Å². The largest absolute Gasteiger partial charge is 0.379 e. The van der Waals surface area contributed by atoms with Gasteiger partial charge in [0.05, 0.1) is 13.2 Å². The molecule has 2 heterocycles. The van der Waals surface area contributed by atoms with E-state index < -0.39 is 0 Å². The molecule has 0 aromatic rings. The van der Waals surface area contributed by atoms with Gasteiger partial charge in [0, 0.05) is 43.7 Å². The van der Waals surface area contributed by atoms with Crippen molar-refractivity contribution in [3.8, 4) is 0 Å². The molecule has 1 saturated carbocycles. The Kier molecular flexibility index (Phi) is 5.14. The van der Waals surface area contributed by atoms with E-state index >= 15 is 0 Å². The lowest BCUT2D eigenvalue weighted by Gasteiger charge is -2.35. The molecule has 21 heavy (non-hydrogen) atoms. The van der Waals surface area contributed by atoms with Crippen LogP contribution in [0.3, 0.4) is 0 Å². The second kappa shape index (κ2) is 7.07. The normalized spacial score (nSPS) is 29.4. The van der Waals surface area contributed by atoms with E-state index in [0.717, 1.165) is 65.0 Å². The number of nitrogens with one attached hydrogen (secondary N) is 2. The Morgan fingerprint density at radius 1 is 1.33 bits per heavy atom. The third-order valence-electron chi connectivity index (χ3n) is 4.89. The number of ether oxygens (including phenoxy) is 1. The number of hydrogen-bond donors (Lipinski definition) is 2. The summed E-state index contributed by atoms with van der Waals surface area (Å²) < 4.78 is 5.51. The zero-order chi connectivity index (χ0) is 14.7. The molecule has 2 unspecified atom stereocenters. The van der Waals surface area contributed by atoms with Crippen molar-refractivity contribution in [2.24, 2.45) is 5.92 Å². The van der Waals surface area contributed by atoms with E-state index in [1.54, 1.807) is 0 Å². The SMILES string of the molecule is CC(CC1COCCN1)NC1CCN(C(=O)C2CC2)CC1. The van der Waals surface area contributed by atoms with Crippen molar-refractivity contribution in [1.29, 1.82) is 0 Å². The first kappa shape index (κ1) is 15.3. The van der Waals surface area contributed by atoms with Gasteiger partial charge in [0.1, 0.15) is 0 Å². The van der Waals surface area contributed by atoms with Crippen LogP contribution < -0.4 is 10.6 Å². The lowest BCUT2D eigenvalue weighted by atomic mass is 10.0. The van der Waals surface area contributed by atoms with E-state index in [-0.39, 0.29) is 0 Å². The second-order valence-electron chi connectivity index (χ2n) is 6.90. The maximum Gasteiger partial charge on any atom is 0.225 e. The van der Waals surface area contributed by atoms with Crippen LogP contribution in [0.5, 0.6) is 0 Å². The molecule has 1 aliphatic carbocycles. The van der Waals surface area contributed by atoms with E-state index in [1.165, 1.54) is 0 Å². The number of amides is 1. The van der Waals surface area contributed by atoms with Crippen LogP contribution in [0.4, 0.5) is 0 Å². The fourth-order valence-corrected chi connectivity index (χ4v) is 3.52. The number of carbonyl (C=O) groups excluding carboxylic acids is 1. The highest BCUT2D eigenvalue weighted by atomic mass is 16.5. The van der Waals surface area contributed by atoms with Crippen molar-refractivity contribution >= 4 is 5.91 Å². The third-order valence-corrected chi connectivity index (χ3v) is 4.89. The van der Waals surface area contributed by atoms with Gasteiger partial charge in [-0.05, 0) is 39.0 Å². The van der Waals surface area contributed by atoms with Gasteiger partial charge in [-0.25, -0.2) is 0 Å². The summed E-state index contributed by atoms with van der Waals surface area (Å²) in [5.41, 5.74) is 0. The van der Waals surface area contributed by atoms with Crippen LogP contribution in [-0.2, 0) is 9.53 Å². The Morgan fingerprint density at radius 2 is 2.10 bits per heavy atom. The van der Waals surface area contributed by atoms with Crippen LogP contribution in [0.25, 0.3) is 0 Å². The Bertz CT molecular complexity index is 345. The molecule has 5 heteroatoms. The van der Waals surface area contributed by atoms with Gasteiger partial charge in [-0.1, -0.05) is 0 Å². The fourth-order valence-electron chi connectivity index (χ4n) is 3.52. The molecular weight excluding hydrogens is 266 g/mol. The minimum Gasteiger partial charge on any atom is -0.379 e. The Labute approximate surface area is 127 Å². The predicted molar refractivity (Wildman–Crippen MR) is 82.2 cm³/mol. The first-order valence-corrected chi connectivity index (χ1v) is 8.58. The lowest BCUT2D eigenvalue weighted by Crippen LogP contribution is -2.50. The zero-order valence-corrected chi connectivity index (χ0v) is 13.1. The van der Waals surface area contributed by atoms with E-state index in [0.29, 0.717) is 30.0 Å². The van der Waals surface area contributed by atoms with Crippen LogP contribution >= 0.6 is 0 Å². The summed E-state index contributed by atoms with van der Waals surface area (Å²) in [7, 11) is 0. The lowest BCUT2D eigenvalue weighted by molar-refractivity contribution is -0.133. The van der Waals surface area contributed by atoms with Gasteiger partial charge in [0.15, 0.2) is 0 Å². The molecule has 1 amide bonds. The molecule has 3 aliphatic rings. The van der Waals surface area contributed by atoms with Crippen molar-refractivity contribution in [2.75, 3.05) is 32.8 Å². The summed E-state index contributed by atoms with van der Waals surface area (Å²) in [6, 6.07) is 1.55. The Balaban J connectivity index is 1.35. The van der Waals surface area contributed by atoms with Crippen LogP contribution in [0.15, 0.2) is 0 Å². The van der Waals surface area contributed by atoms with Crippen LogP contribution in [-0.4, -0.2) is 61.8 Å². The average Bonchev–Trinajstić information content (AvgIpc) is 3.33. The number of nitrogens with zero attached hydrogens (tertiary/aromatic N) is 1. The van der Waals surface area contributed by atoms with Crippen molar-refractivity contribution in [3.05, 3.63) is 0 Å². The highest BCUT2D eigenvalue weighted by Crippen LogP contribution is 2.31. The molecule has 0 aromatic heterocycles. The van der Waals surface area contributed by atoms with Gasteiger partial charge in [-0.2, -0.15) is 0 Å². The van der Waals surface area contributed by atoms with Crippen molar-refractivity contribution in [3.63, 3.8) is 0 Å². The molecule has 0 radical (unpaired) electrons. The standard InChI is InChI=1S/C16H29N3O2/c1-12(10-15-11-21-9-6-17-15)18-14-4-7-19(8-5-14)16(20)13-2-3-13/h12-15,17-18H,2-11H2,1H3. The molecular formula is C16H29N3O2. The summed E-state index contributed by atoms with van der Waals surface area (Å²) in [6.45, 7) is 6.78. The topological polar surface area (TPSA) is 53.6 Å². The summed E-state index contributed by atoms with van der Waals surface area (Å²) in [4.78, 5) is 14.1. The molecule has 2 N–H and O–H groups in total. The minimum atomic E-state index is 0.366. The Morgan fingerprint density at radius 3 is 2.71 bits per heavy atom. The molecule has 0 aromatic carbocycles. The van der Waals surface area contributed by atoms with Gasteiger partial charge < -0.3 is 20.3 Å². The summed E-state index contributed by atoms with van der Waals surface area (Å²) >= 11 is 0. The highest BCUT2D eigenvalue weighted by molar-refractivity contribution is 5.81. The molecule has 2 atom stereocenters. The molecule has 2 saturated heterocycles. The first-order valence-electron chi connectivity index (χ1n) is 8.58. The van der Waals surface area contributed by atoms with Crippen LogP contribution in [0, 0.1) is 5.92 Å². The highest BCUT2D eigenvalue weighted by Gasteiger charge is 2.35. The summed E-state index contributed by atoms with van der Waals surface area (Å²) in [6.07, 6.45) is 5.53. The van der Waals surface area contributed by atoms with E-state index in [2.05, 4.69) is 22.5 Å². The molecule has 3 fully saturated rings. The smallest absolute Gasteiger partial charge is 0.225 e. The van der Waals surface area contributed by atoms with Crippen molar-refractivity contribution < 1.29 is 9.53 Å². The van der Waals surface area contributed by atoms with Crippen LogP contribution in [0.2, 0.25) is 0 Å². The number of hydrogen-bond acceptors (Lipinski definition) is 4. The number of rotatable bonds is 5. The van der Waals surface area contributed by atoms with Gasteiger partial charge in [0.2, 0.25) is 5.91 Å².